The van der Waals surface area contributed by atoms with Crippen molar-refractivity contribution < 1.29 is 22.5 Å². The molecule has 2 aromatic carbocycles. The normalized spacial score (nSPS) is 11.1. The Kier molecular flexibility index (Phi) is 5.88. The maximum absolute atomic E-state index is 12.5. The van der Waals surface area contributed by atoms with E-state index < -0.39 is 10.0 Å². The molecule has 1 aromatic heterocycles. The molecule has 0 aliphatic rings. The van der Waals surface area contributed by atoms with Gasteiger partial charge in [0.1, 0.15) is 5.75 Å². The number of aromatic nitrogens is 1. The smallest absolute Gasteiger partial charge is 0.264 e. The highest BCUT2D eigenvalue weighted by molar-refractivity contribution is 7.92. The average Bonchev–Trinajstić information content (AvgIpc) is 3.00. The fourth-order valence-electron chi connectivity index (χ4n) is 2.51. The van der Waals surface area contributed by atoms with E-state index in [9.17, 15) is 13.2 Å². The first-order valence-corrected chi connectivity index (χ1v) is 10.4. The van der Waals surface area contributed by atoms with E-state index in [4.69, 9.17) is 9.26 Å². The number of aryl methyl sites for hydroxylation is 1. The zero-order valence-corrected chi connectivity index (χ0v) is 17.0. The fourth-order valence-corrected chi connectivity index (χ4v) is 3.55. The second kappa shape index (κ2) is 8.36. The van der Waals surface area contributed by atoms with Gasteiger partial charge in [0.25, 0.3) is 15.9 Å². The van der Waals surface area contributed by atoms with Crippen LogP contribution in [0.3, 0.4) is 0 Å². The van der Waals surface area contributed by atoms with Gasteiger partial charge >= 0.3 is 0 Å². The molecule has 0 bridgehead atoms. The van der Waals surface area contributed by atoms with Gasteiger partial charge in [-0.3, -0.25) is 4.79 Å². The molecule has 0 saturated heterocycles. The number of hydrogen-bond donors (Lipinski definition) is 2. The second-order valence-electron chi connectivity index (χ2n) is 6.27. The molecule has 29 heavy (non-hydrogen) atoms. The number of nitrogens with one attached hydrogen (secondary N) is 2. The Balaban J connectivity index is 1.72. The van der Waals surface area contributed by atoms with Crippen LogP contribution in [0.1, 0.15) is 28.5 Å². The van der Waals surface area contributed by atoms with Gasteiger partial charge in [-0.1, -0.05) is 11.2 Å². The molecule has 2 N–H and O–H groups in total. The number of rotatable bonds is 7. The van der Waals surface area contributed by atoms with Crippen LogP contribution in [0, 0.1) is 13.8 Å². The van der Waals surface area contributed by atoms with Crippen molar-refractivity contribution in [1.82, 2.24) is 5.16 Å². The summed E-state index contributed by atoms with van der Waals surface area (Å²) in [4.78, 5) is 12.4. The number of carbonyl (C=O) groups excluding carboxylic acids is 1. The molecule has 3 aromatic rings. The number of sulfonamides is 1. The van der Waals surface area contributed by atoms with Crippen molar-refractivity contribution in [2.24, 2.45) is 0 Å². The molecule has 8 nitrogen and oxygen atoms in total. The molecule has 0 radical (unpaired) electrons. The Bertz CT molecular complexity index is 1120. The highest BCUT2D eigenvalue weighted by Crippen LogP contribution is 2.23. The molecule has 0 spiro atoms. The van der Waals surface area contributed by atoms with Gasteiger partial charge in [-0.25, -0.2) is 13.1 Å². The van der Waals surface area contributed by atoms with Crippen molar-refractivity contribution >= 4 is 27.5 Å². The lowest BCUT2D eigenvalue weighted by Gasteiger charge is -2.09. The third-order valence-electron chi connectivity index (χ3n) is 4.21. The summed E-state index contributed by atoms with van der Waals surface area (Å²) in [5.74, 6) is 0.354. The van der Waals surface area contributed by atoms with Gasteiger partial charge in [0.05, 0.1) is 17.2 Å². The summed E-state index contributed by atoms with van der Waals surface area (Å²) in [6, 6.07) is 12.6. The molecule has 9 heteroatoms. The van der Waals surface area contributed by atoms with Crippen LogP contribution in [-0.2, 0) is 10.0 Å². The van der Waals surface area contributed by atoms with Gasteiger partial charge < -0.3 is 14.6 Å². The van der Waals surface area contributed by atoms with Crippen LogP contribution in [0.15, 0.2) is 57.9 Å². The van der Waals surface area contributed by atoms with Gasteiger partial charge in [0.2, 0.25) is 5.88 Å². The predicted molar refractivity (Wildman–Crippen MR) is 109 cm³/mol. The van der Waals surface area contributed by atoms with Crippen molar-refractivity contribution in [1.29, 1.82) is 0 Å². The number of benzene rings is 2. The standard InChI is InChI=1S/C20H21N3O5S/c1-4-27-17-7-5-6-15(12-17)19(24)21-16-8-10-18(11-9-16)29(25,26)23-20-13(2)14(3)22-28-20/h5-12,23H,4H2,1-3H3,(H,21,24). The average molecular weight is 415 g/mol. The molecule has 3 rings (SSSR count). The van der Waals surface area contributed by atoms with Crippen molar-refractivity contribution in [2.45, 2.75) is 25.7 Å². The zero-order chi connectivity index (χ0) is 21.0. The number of carbonyl (C=O) groups is 1. The molecular weight excluding hydrogens is 394 g/mol. The Hall–Kier alpha value is -3.33. The first-order chi connectivity index (χ1) is 13.8. The summed E-state index contributed by atoms with van der Waals surface area (Å²) in [5.41, 5.74) is 2.12. The van der Waals surface area contributed by atoms with Crippen LogP contribution in [0.4, 0.5) is 11.6 Å². The summed E-state index contributed by atoms with van der Waals surface area (Å²) in [7, 11) is -3.84. The minimum absolute atomic E-state index is 0.0299. The summed E-state index contributed by atoms with van der Waals surface area (Å²) < 4.78 is 37.8. The third kappa shape index (κ3) is 4.75. The minimum Gasteiger partial charge on any atom is -0.494 e. The number of nitrogens with zero attached hydrogens (tertiary/aromatic N) is 1. The Morgan fingerprint density at radius 3 is 2.48 bits per heavy atom. The van der Waals surface area contributed by atoms with Crippen molar-refractivity contribution in [3.63, 3.8) is 0 Å². The fraction of sp³-hybridized carbons (Fsp3) is 0.200. The van der Waals surface area contributed by atoms with Crippen molar-refractivity contribution in [2.75, 3.05) is 16.6 Å². The largest absolute Gasteiger partial charge is 0.494 e. The lowest BCUT2D eigenvalue weighted by molar-refractivity contribution is 0.102. The van der Waals surface area contributed by atoms with E-state index in [0.29, 0.717) is 34.9 Å². The summed E-state index contributed by atoms with van der Waals surface area (Å²) >= 11 is 0. The SMILES string of the molecule is CCOc1cccc(C(=O)Nc2ccc(S(=O)(=O)Nc3onc(C)c3C)cc2)c1. The number of anilines is 2. The Morgan fingerprint density at radius 1 is 1.14 bits per heavy atom. The van der Waals surface area contributed by atoms with E-state index in [-0.39, 0.29) is 16.7 Å². The van der Waals surface area contributed by atoms with Gasteiger partial charge in [-0.05, 0) is 63.2 Å². The van der Waals surface area contributed by atoms with E-state index in [0.717, 1.165) is 0 Å². The predicted octanol–water partition coefficient (Wildman–Crippen LogP) is 3.74. The van der Waals surface area contributed by atoms with Crippen LogP contribution in [0.2, 0.25) is 0 Å². The molecular formula is C20H21N3O5S. The van der Waals surface area contributed by atoms with Crippen LogP contribution < -0.4 is 14.8 Å². The molecule has 152 valence electrons. The van der Waals surface area contributed by atoms with E-state index in [1.54, 1.807) is 38.1 Å². The van der Waals surface area contributed by atoms with Crippen molar-refractivity contribution in [3.8, 4) is 5.75 Å². The van der Waals surface area contributed by atoms with Crippen LogP contribution in [0.25, 0.3) is 0 Å². The van der Waals surface area contributed by atoms with Crippen LogP contribution >= 0.6 is 0 Å². The first-order valence-electron chi connectivity index (χ1n) is 8.90. The summed E-state index contributed by atoms with van der Waals surface area (Å²) in [6.07, 6.45) is 0. The van der Waals surface area contributed by atoms with E-state index in [1.807, 2.05) is 6.92 Å². The molecule has 1 heterocycles. The number of amides is 1. The summed E-state index contributed by atoms with van der Waals surface area (Å²) in [6.45, 7) is 5.80. The monoisotopic (exact) mass is 415 g/mol. The van der Waals surface area contributed by atoms with E-state index in [1.165, 1.54) is 24.3 Å². The zero-order valence-electron chi connectivity index (χ0n) is 16.2. The van der Waals surface area contributed by atoms with Gasteiger partial charge in [-0.15, -0.1) is 0 Å². The van der Waals surface area contributed by atoms with E-state index in [2.05, 4.69) is 15.2 Å². The lowest BCUT2D eigenvalue weighted by Crippen LogP contribution is -2.14. The molecule has 0 unspecified atom stereocenters. The van der Waals surface area contributed by atoms with E-state index >= 15 is 0 Å². The lowest BCUT2D eigenvalue weighted by atomic mass is 10.2. The molecule has 0 saturated carbocycles. The van der Waals surface area contributed by atoms with Gasteiger partial charge in [0, 0.05) is 16.8 Å². The maximum Gasteiger partial charge on any atom is 0.264 e. The maximum atomic E-state index is 12.5. The Labute approximate surface area is 168 Å². The summed E-state index contributed by atoms with van der Waals surface area (Å²) in [5, 5.41) is 6.46. The highest BCUT2D eigenvalue weighted by atomic mass is 32.2. The molecule has 0 aliphatic carbocycles. The quantitative estimate of drug-likeness (QED) is 0.608. The topological polar surface area (TPSA) is 111 Å². The molecule has 0 aliphatic heterocycles. The van der Waals surface area contributed by atoms with Crippen LogP contribution in [0.5, 0.6) is 5.75 Å². The van der Waals surface area contributed by atoms with Gasteiger partial charge in [0.15, 0.2) is 0 Å². The second-order valence-corrected chi connectivity index (χ2v) is 7.95. The van der Waals surface area contributed by atoms with Gasteiger partial charge in [-0.2, -0.15) is 0 Å². The third-order valence-corrected chi connectivity index (χ3v) is 5.56. The molecule has 0 atom stereocenters. The van der Waals surface area contributed by atoms with Crippen LogP contribution in [-0.4, -0.2) is 26.1 Å². The minimum atomic E-state index is -3.84. The van der Waals surface area contributed by atoms with Crippen molar-refractivity contribution in [3.05, 3.63) is 65.4 Å². The highest BCUT2D eigenvalue weighted by Gasteiger charge is 2.19. The Morgan fingerprint density at radius 2 is 1.86 bits per heavy atom. The number of hydrogen-bond acceptors (Lipinski definition) is 6. The first kappa shape index (κ1) is 20.4. The molecule has 1 amide bonds. The molecule has 0 fully saturated rings. The number of ether oxygens (including phenoxy) is 1.